The van der Waals surface area contributed by atoms with E-state index in [4.69, 9.17) is 14.2 Å². The van der Waals surface area contributed by atoms with Gasteiger partial charge in [-0.25, -0.2) is 0 Å². The van der Waals surface area contributed by atoms with Crippen LogP contribution >= 0.6 is 0 Å². The summed E-state index contributed by atoms with van der Waals surface area (Å²) in [5, 5.41) is 6.77. The molecule has 3 rings (SSSR count). The summed E-state index contributed by atoms with van der Waals surface area (Å²) in [5.74, 6) is 3.07. The molecule has 6 nitrogen and oxygen atoms in total. The first kappa shape index (κ1) is 22.0. The number of aryl methyl sites for hydroxylation is 1. The largest absolute Gasteiger partial charge is 0.497 e. The van der Waals surface area contributed by atoms with E-state index in [9.17, 15) is 0 Å². The van der Waals surface area contributed by atoms with E-state index < -0.39 is 0 Å². The van der Waals surface area contributed by atoms with Crippen molar-refractivity contribution in [2.75, 3.05) is 40.5 Å². The Labute approximate surface area is 179 Å². The van der Waals surface area contributed by atoms with Gasteiger partial charge >= 0.3 is 0 Å². The third-order valence-corrected chi connectivity index (χ3v) is 5.23. The van der Waals surface area contributed by atoms with Gasteiger partial charge in [0.15, 0.2) is 5.96 Å². The third-order valence-electron chi connectivity index (χ3n) is 5.23. The van der Waals surface area contributed by atoms with Crippen LogP contribution in [0.5, 0.6) is 11.5 Å². The fraction of sp³-hybridized carbons (Fsp3) is 0.458. The lowest BCUT2D eigenvalue weighted by Gasteiger charge is -2.17. The Hall–Kier alpha value is -2.73. The Morgan fingerprint density at radius 3 is 2.87 bits per heavy atom. The van der Waals surface area contributed by atoms with Crippen LogP contribution in [0.3, 0.4) is 0 Å². The molecule has 2 aromatic rings. The van der Waals surface area contributed by atoms with Crippen LogP contribution in [-0.4, -0.2) is 46.5 Å². The number of aliphatic imine (C=N–C) groups is 1. The molecule has 1 heterocycles. The van der Waals surface area contributed by atoms with Crippen molar-refractivity contribution in [3.8, 4) is 11.5 Å². The number of ether oxygens (including phenoxy) is 3. The summed E-state index contributed by atoms with van der Waals surface area (Å²) in [6.07, 6.45) is 1.96. The molecular weight excluding hydrogens is 378 g/mol. The molecule has 1 atom stereocenters. The SMILES string of the molecule is CN=C(NCCc1cccc(OC)c1)NCc1ccc(C)cc1OCC1CCOC1. The van der Waals surface area contributed by atoms with Gasteiger partial charge in [-0.1, -0.05) is 24.3 Å². The van der Waals surface area contributed by atoms with Crippen molar-refractivity contribution < 1.29 is 14.2 Å². The molecule has 0 saturated carbocycles. The lowest BCUT2D eigenvalue weighted by atomic mass is 10.1. The summed E-state index contributed by atoms with van der Waals surface area (Å²) < 4.78 is 16.9. The fourth-order valence-corrected chi connectivity index (χ4v) is 3.42. The molecule has 30 heavy (non-hydrogen) atoms. The van der Waals surface area contributed by atoms with E-state index in [0.717, 1.165) is 55.6 Å². The molecule has 6 heteroatoms. The number of methoxy groups -OCH3 is 1. The second-order valence-corrected chi connectivity index (χ2v) is 7.61. The topological polar surface area (TPSA) is 64.1 Å². The number of nitrogens with zero attached hydrogens (tertiary/aromatic N) is 1. The van der Waals surface area contributed by atoms with Gasteiger partial charge in [0.05, 0.1) is 20.3 Å². The number of hydrogen-bond donors (Lipinski definition) is 2. The minimum Gasteiger partial charge on any atom is -0.497 e. The monoisotopic (exact) mass is 411 g/mol. The van der Waals surface area contributed by atoms with Gasteiger partial charge in [0.1, 0.15) is 11.5 Å². The average Bonchev–Trinajstić information content (AvgIpc) is 3.29. The maximum atomic E-state index is 6.14. The van der Waals surface area contributed by atoms with E-state index in [1.165, 1.54) is 11.1 Å². The predicted molar refractivity (Wildman–Crippen MR) is 120 cm³/mol. The molecule has 1 aliphatic rings. The maximum Gasteiger partial charge on any atom is 0.191 e. The molecular formula is C24H33N3O3. The summed E-state index contributed by atoms with van der Waals surface area (Å²) in [7, 11) is 3.47. The second-order valence-electron chi connectivity index (χ2n) is 7.61. The molecule has 0 aliphatic carbocycles. The normalized spacial score (nSPS) is 16.4. The molecule has 2 N–H and O–H groups in total. The number of benzene rings is 2. The molecule has 1 saturated heterocycles. The highest BCUT2D eigenvalue weighted by Gasteiger charge is 2.17. The van der Waals surface area contributed by atoms with Crippen molar-refractivity contribution in [2.24, 2.45) is 10.9 Å². The van der Waals surface area contributed by atoms with Crippen LogP contribution in [0.4, 0.5) is 0 Å². The van der Waals surface area contributed by atoms with Crippen molar-refractivity contribution in [3.63, 3.8) is 0 Å². The summed E-state index contributed by atoms with van der Waals surface area (Å²) in [5.41, 5.74) is 3.54. The van der Waals surface area contributed by atoms with Crippen molar-refractivity contribution in [3.05, 3.63) is 59.2 Å². The van der Waals surface area contributed by atoms with E-state index in [2.05, 4.69) is 52.9 Å². The predicted octanol–water partition coefficient (Wildman–Crippen LogP) is 3.33. The lowest BCUT2D eigenvalue weighted by molar-refractivity contribution is 0.166. The van der Waals surface area contributed by atoms with Crippen molar-refractivity contribution in [1.82, 2.24) is 10.6 Å². The van der Waals surface area contributed by atoms with Crippen molar-refractivity contribution in [1.29, 1.82) is 0 Å². The van der Waals surface area contributed by atoms with Crippen LogP contribution in [0, 0.1) is 12.8 Å². The Morgan fingerprint density at radius 2 is 2.10 bits per heavy atom. The molecule has 1 aliphatic heterocycles. The van der Waals surface area contributed by atoms with E-state index in [-0.39, 0.29) is 0 Å². The van der Waals surface area contributed by atoms with E-state index in [0.29, 0.717) is 19.1 Å². The minimum atomic E-state index is 0.484. The zero-order chi connectivity index (χ0) is 21.2. The highest BCUT2D eigenvalue weighted by Crippen LogP contribution is 2.22. The molecule has 0 amide bonds. The van der Waals surface area contributed by atoms with Gasteiger partial charge in [-0.15, -0.1) is 0 Å². The van der Waals surface area contributed by atoms with E-state index >= 15 is 0 Å². The zero-order valence-electron chi connectivity index (χ0n) is 18.2. The smallest absolute Gasteiger partial charge is 0.191 e. The first-order chi connectivity index (χ1) is 14.7. The molecule has 1 unspecified atom stereocenters. The Bertz CT molecular complexity index is 832. The zero-order valence-corrected chi connectivity index (χ0v) is 18.2. The highest BCUT2D eigenvalue weighted by molar-refractivity contribution is 5.79. The molecule has 1 fully saturated rings. The Morgan fingerprint density at radius 1 is 1.20 bits per heavy atom. The number of guanidine groups is 1. The van der Waals surface area contributed by atoms with Crippen LogP contribution in [0.25, 0.3) is 0 Å². The number of rotatable bonds is 9. The molecule has 0 radical (unpaired) electrons. The molecule has 0 aromatic heterocycles. The summed E-state index contributed by atoms with van der Waals surface area (Å²) in [4.78, 5) is 4.34. The van der Waals surface area contributed by atoms with Gasteiger partial charge in [-0.3, -0.25) is 4.99 Å². The third kappa shape index (κ3) is 6.66. The maximum absolute atomic E-state index is 6.14. The van der Waals surface area contributed by atoms with Gasteiger partial charge < -0.3 is 24.8 Å². The fourth-order valence-electron chi connectivity index (χ4n) is 3.42. The summed E-state index contributed by atoms with van der Waals surface area (Å²) in [6, 6.07) is 14.5. The van der Waals surface area contributed by atoms with Crippen molar-refractivity contribution in [2.45, 2.75) is 26.3 Å². The summed E-state index contributed by atoms with van der Waals surface area (Å²) >= 11 is 0. The van der Waals surface area contributed by atoms with Crippen LogP contribution in [0.15, 0.2) is 47.5 Å². The van der Waals surface area contributed by atoms with Gasteiger partial charge in [-0.2, -0.15) is 0 Å². The number of nitrogens with one attached hydrogen (secondary N) is 2. The molecule has 2 aromatic carbocycles. The first-order valence-electron chi connectivity index (χ1n) is 10.6. The van der Waals surface area contributed by atoms with E-state index in [1.807, 2.05) is 12.1 Å². The van der Waals surface area contributed by atoms with Gasteiger partial charge in [0, 0.05) is 38.2 Å². The van der Waals surface area contributed by atoms with E-state index in [1.54, 1.807) is 14.2 Å². The lowest BCUT2D eigenvalue weighted by Crippen LogP contribution is -2.38. The second kappa shape index (κ2) is 11.5. The van der Waals surface area contributed by atoms with Crippen LogP contribution in [0.1, 0.15) is 23.1 Å². The molecule has 0 spiro atoms. The average molecular weight is 412 g/mol. The van der Waals surface area contributed by atoms with Crippen LogP contribution in [0.2, 0.25) is 0 Å². The van der Waals surface area contributed by atoms with Crippen LogP contribution < -0.4 is 20.1 Å². The Kier molecular flexibility index (Phi) is 8.39. The quantitative estimate of drug-likeness (QED) is 0.490. The molecule has 162 valence electrons. The van der Waals surface area contributed by atoms with Gasteiger partial charge in [0.2, 0.25) is 0 Å². The standard InChI is InChI=1S/C24H33N3O3/c1-18-7-8-21(23(13-18)30-17-20-10-12-29-16-20)15-27-24(25-2)26-11-9-19-5-4-6-22(14-19)28-3/h4-8,13-14,20H,9-12,15-17H2,1-3H3,(H2,25,26,27). The first-order valence-corrected chi connectivity index (χ1v) is 10.6. The summed E-state index contributed by atoms with van der Waals surface area (Å²) in [6.45, 7) is 5.85. The van der Waals surface area contributed by atoms with Gasteiger partial charge in [0.25, 0.3) is 0 Å². The minimum absolute atomic E-state index is 0.484. The molecule has 0 bridgehead atoms. The Balaban J connectivity index is 1.50. The highest BCUT2D eigenvalue weighted by atomic mass is 16.5. The van der Waals surface area contributed by atoms with Crippen molar-refractivity contribution >= 4 is 5.96 Å². The van der Waals surface area contributed by atoms with Gasteiger partial charge in [-0.05, 0) is 49.1 Å². The van der Waals surface area contributed by atoms with Crippen LogP contribution in [-0.2, 0) is 17.7 Å². The number of hydrogen-bond acceptors (Lipinski definition) is 4.